The Labute approximate surface area is 112 Å². The van der Waals surface area contributed by atoms with Crippen LogP contribution in [-0.2, 0) is 16.0 Å². The molecule has 0 bridgehead atoms. The predicted molar refractivity (Wildman–Crippen MR) is 73.4 cm³/mol. The van der Waals surface area contributed by atoms with E-state index in [1.54, 1.807) is 7.11 Å². The number of methoxy groups -OCH3 is 2. The van der Waals surface area contributed by atoms with Crippen LogP contribution in [0.1, 0.15) is 17.7 Å². The third kappa shape index (κ3) is 2.84. The number of fused-ring (bicyclic) bond motifs is 1. The van der Waals surface area contributed by atoms with Crippen LogP contribution >= 0.6 is 0 Å². The maximum atomic E-state index is 11.2. The Balaban J connectivity index is 2.39. The van der Waals surface area contributed by atoms with Crippen molar-refractivity contribution in [2.75, 3.05) is 14.2 Å². The third-order valence-corrected chi connectivity index (χ3v) is 3.10. The van der Waals surface area contributed by atoms with Gasteiger partial charge in [-0.25, -0.2) is 4.98 Å². The fourth-order valence-electron chi connectivity index (χ4n) is 2.08. The van der Waals surface area contributed by atoms with E-state index in [-0.39, 0.29) is 5.97 Å². The van der Waals surface area contributed by atoms with E-state index in [4.69, 9.17) is 4.74 Å². The predicted octanol–water partition coefficient (Wildman–Crippen LogP) is 2.66. The van der Waals surface area contributed by atoms with Crippen LogP contribution in [0.3, 0.4) is 0 Å². The molecule has 0 spiro atoms. The summed E-state index contributed by atoms with van der Waals surface area (Å²) in [7, 11) is 3.03. The number of rotatable bonds is 4. The van der Waals surface area contributed by atoms with Gasteiger partial charge >= 0.3 is 5.97 Å². The number of ether oxygens (including phenoxy) is 2. The number of pyridine rings is 1. The summed E-state index contributed by atoms with van der Waals surface area (Å²) in [6, 6.07) is 7.86. The molecule has 100 valence electrons. The lowest BCUT2D eigenvalue weighted by Crippen LogP contribution is -2.03. The highest BCUT2D eigenvalue weighted by atomic mass is 16.5. The minimum atomic E-state index is -0.223. The molecule has 0 N–H and O–H groups in total. The summed E-state index contributed by atoms with van der Waals surface area (Å²) in [6.45, 7) is 2.03. The Bertz CT molecular complexity index is 608. The monoisotopic (exact) mass is 259 g/mol. The van der Waals surface area contributed by atoms with E-state index < -0.39 is 0 Å². The fourth-order valence-corrected chi connectivity index (χ4v) is 2.08. The molecule has 0 amide bonds. The molecule has 4 nitrogen and oxygen atoms in total. The largest absolute Gasteiger partial charge is 0.494 e. The SMILES string of the molecule is COC(=O)CCc1cc(C)c2cccc(OC)c2n1. The van der Waals surface area contributed by atoms with E-state index in [2.05, 4.69) is 9.72 Å². The molecule has 0 fully saturated rings. The molecule has 2 aromatic rings. The molecule has 1 aromatic heterocycles. The van der Waals surface area contributed by atoms with E-state index >= 15 is 0 Å². The third-order valence-electron chi connectivity index (χ3n) is 3.10. The van der Waals surface area contributed by atoms with Crippen molar-refractivity contribution in [1.82, 2.24) is 4.98 Å². The lowest BCUT2D eigenvalue weighted by Gasteiger charge is -2.09. The second-order valence-electron chi connectivity index (χ2n) is 4.36. The van der Waals surface area contributed by atoms with Crippen molar-refractivity contribution in [2.24, 2.45) is 0 Å². The van der Waals surface area contributed by atoms with Crippen molar-refractivity contribution in [3.8, 4) is 5.75 Å². The Morgan fingerprint density at radius 1 is 1.32 bits per heavy atom. The van der Waals surface area contributed by atoms with Crippen LogP contribution in [-0.4, -0.2) is 25.2 Å². The highest BCUT2D eigenvalue weighted by Gasteiger charge is 2.09. The van der Waals surface area contributed by atoms with Crippen LogP contribution < -0.4 is 4.74 Å². The quantitative estimate of drug-likeness (QED) is 0.792. The van der Waals surface area contributed by atoms with Crippen LogP contribution in [0.5, 0.6) is 5.75 Å². The molecule has 0 radical (unpaired) electrons. The first-order valence-corrected chi connectivity index (χ1v) is 6.15. The number of benzene rings is 1. The molecule has 0 saturated heterocycles. The summed E-state index contributed by atoms with van der Waals surface area (Å²) in [5.41, 5.74) is 2.84. The van der Waals surface area contributed by atoms with Crippen molar-refractivity contribution in [3.63, 3.8) is 0 Å². The molecule has 1 aromatic carbocycles. The van der Waals surface area contributed by atoms with Crippen LogP contribution in [0.2, 0.25) is 0 Å². The van der Waals surface area contributed by atoms with Gasteiger partial charge in [0.1, 0.15) is 11.3 Å². The topological polar surface area (TPSA) is 48.4 Å². The highest BCUT2D eigenvalue weighted by Crippen LogP contribution is 2.26. The van der Waals surface area contributed by atoms with Gasteiger partial charge in [0.05, 0.1) is 20.6 Å². The van der Waals surface area contributed by atoms with Gasteiger partial charge in [0.25, 0.3) is 0 Å². The summed E-state index contributed by atoms with van der Waals surface area (Å²) < 4.78 is 9.97. The smallest absolute Gasteiger partial charge is 0.305 e. The standard InChI is InChI=1S/C15H17NO3/c1-10-9-11(7-8-14(17)19-3)16-15-12(10)5-4-6-13(15)18-2/h4-6,9H,7-8H2,1-3H3. The molecule has 4 heteroatoms. The molecule has 0 aliphatic rings. The second-order valence-corrected chi connectivity index (χ2v) is 4.36. The summed E-state index contributed by atoms with van der Waals surface area (Å²) in [4.78, 5) is 15.8. The second kappa shape index (κ2) is 5.69. The average Bonchev–Trinajstić information content (AvgIpc) is 2.44. The van der Waals surface area contributed by atoms with Crippen molar-refractivity contribution in [2.45, 2.75) is 19.8 Å². The Morgan fingerprint density at radius 3 is 2.79 bits per heavy atom. The van der Waals surface area contributed by atoms with Gasteiger partial charge in [-0.3, -0.25) is 4.79 Å². The van der Waals surface area contributed by atoms with E-state index in [1.807, 2.05) is 31.2 Å². The van der Waals surface area contributed by atoms with E-state index in [0.717, 1.165) is 27.9 Å². The molecule has 0 saturated carbocycles. The average molecular weight is 259 g/mol. The number of aromatic nitrogens is 1. The van der Waals surface area contributed by atoms with Crippen LogP contribution in [0.15, 0.2) is 24.3 Å². The molecular formula is C15H17NO3. The molecular weight excluding hydrogens is 242 g/mol. The van der Waals surface area contributed by atoms with Gasteiger partial charge in [-0.15, -0.1) is 0 Å². The first kappa shape index (κ1) is 13.3. The number of esters is 1. The van der Waals surface area contributed by atoms with Crippen molar-refractivity contribution in [3.05, 3.63) is 35.5 Å². The number of hydrogen-bond acceptors (Lipinski definition) is 4. The van der Waals surface area contributed by atoms with Gasteiger partial charge in [0.15, 0.2) is 0 Å². The summed E-state index contributed by atoms with van der Waals surface area (Å²) >= 11 is 0. The zero-order valence-corrected chi connectivity index (χ0v) is 11.4. The summed E-state index contributed by atoms with van der Waals surface area (Å²) in [6.07, 6.45) is 0.908. The van der Waals surface area contributed by atoms with Gasteiger partial charge < -0.3 is 9.47 Å². The zero-order valence-electron chi connectivity index (χ0n) is 11.4. The van der Waals surface area contributed by atoms with E-state index in [9.17, 15) is 4.79 Å². The normalized spacial score (nSPS) is 10.5. The Kier molecular flexibility index (Phi) is 4.00. The number of carbonyl (C=O) groups is 1. The minimum Gasteiger partial charge on any atom is -0.494 e. The first-order valence-electron chi connectivity index (χ1n) is 6.15. The molecule has 1 heterocycles. The molecule has 0 aliphatic heterocycles. The Morgan fingerprint density at radius 2 is 2.11 bits per heavy atom. The van der Waals surface area contributed by atoms with Gasteiger partial charge in [0.2, 0.25) is 0 Å². The van der Waals surface area contributed by atoms with Crippen LogP contribution in [0.25, 0.3) is 10.9 Å². The van der Waals surface area contributed by atoms with Crippen LogP contribution in [0, 0.1) is 6.92 Å². The van der Waals surface area contributed by atoms with Crippen molar-refractivity contribution < 1.29 is 14.3 Å². The highest BCUT2D eigenvalue weighted by molar-refractivity contribution is 5.87. The maximum Gasteiger partial charge on any atom is 0.305 e. The van der Waals surface area contributed by atoms with Crippen molar-refractivity contribution >= 4 is 16.9 Å². The molecule has 0 unspecified atom stereocenters. The van der Waals surface area contributed by atoms with E-state index in [1.165, 1.54) is 7.11 Å². The molecule has 0 aliphatic carbocycles. The van der Waals surface area contributed by atoms with Crippen LogP contribution in [0.4, 0.5) is 0 Å². The zero-order chi connectivity index (χ0) is 13.8. The number of hydrogen-bond donors (Lipinski definition) is 0. The number of carbonyl (C=O) groups excluding carboxylic acids is 1. The van der Waals surface area contributed by atoms with Gasteiger partial charge in [-0.1, -0.05) is 12.1 Å². The van der Waals surface area contributed by atoms with Crippen molar-refractivity contribution in [1.29, 1.82) is 0 Å². The number of aryl methyl sites for hydroxylation is 2. The summed E-state index contributed by atoms with van der Waals surface area (Å²) in [5, 5.41) is 1.07. The molecule has 19 heavy (non-hydrogen) atoms. The molecule has 2 rings (SSSR count). The lowest BCUT2D eigenvalue weighted by atomic mass is 10.1. The summed E-state index contributed by atoms with van der Waals surface area (Å²) in [5.74, 6) is 0.528. The lowest BCUT2D eigenvalue weighted by molar-refractivity contribution is -0.140. The Hall–Kier alpha value is -2.10. The maximum absolute atomic E-state index is 11.2. The first-order chi connectivity index (χ1) is 9.15. The van der Waals surface area contributed by atoms with Gasteiger partial charge in [-0.2, -0.15) is 0 Å². The minimum absolute atomic E-state index is 0.223. The fraction of sp³-hybridized carbons (Fsp3) is 0.333. The number of nitrogens with zero attached hydrogens (tertiary/aromatic N) is 1. The van der Waals surface area contributed by atoms with Gasteiger partial charge in [-0.05, 0) is 24.6 Å². The van der Waals surface area contributed by atoms with Gasteiger partial charge in [0, 0.05) is 17.5 Å². The molecule has 0 atom stereocenters. The van der Waals surface area contributed by atoms with E-state index in [0.29, 0.717) is 12.8 Å². The number of para-hydroxylation sites is 1.